The van der Waals surface area contributed by atoms with Crippen molar-refractivity contribution in [1.82, 2.24) is 19.3 Å². The highest BCUT2D eigenvalue weighted by Crippen LogP contribution is 2.28. The molecule has 0 saturated carbocycles. The van der Waals surface area contributed by atoms with Gasteiger partial charge in [-0.05, 0) is 30.7 Å². The quantitative estimate of drug-likeness (QED) is 0.620. The third-order valence-corrected chi connectivity index (χ3v) is 4.22. The molecule has 120 valence electrons. The lowest BCUT2D eigenvalue weighted by atomic mass is 10.2. The molecule has 0 aliphatic heterocycles. The second-order valence-corrected chi connectivity index (χ2v) is 6.11. The van der Waals surface area contributed by atoms with Gasteiger partial charge in [0.2, 0.25) is 0 Å². The first-order valence-corrected chi connectivity index (χ1v) is 7.88. The smallest absolute Gasteiger partial charge is 0.132 e. The number of aromatic nitrogens is 4. The molecular weight excluding hydrogens is 298 g/mol. The second-order valence-electron chi connectivity index (χ2n) is 6.11. The SMILES string of the molecule is Cc1cccc(Nc2cc3c(cn2)cc(-c2cnn(C)c2)n3C)c1. The molecule has 0 aliphatic carbocycles. The van der Waals surface area contributed by atoms with Gasteiger partial charge in [0.1, 0.15) is 5.82 Å². The van der Waals surface area contributed by atoms with E-state index in [0.717, 1.165) is 33.7 Å². The van der Waals surface area contributed by atoms with Crippen LogP contribution in [0.5, 0.6) is 0 Å². The van der Waals surface area contributed by atoms with E-state index in [1.54, 1.807) is 0 Å². The van der Waals surface area contributed by atoms with Gasteiger partial charge in [0.15, 0.2) is 0 Å². The Morgan fingerprint density at radius 3 is 2.67 bits per heavy atom. The molecule has 3 aromatic heterocycles. The number of pyridine rings is 1. The van der Waals surface area contributed by atoms with E-state index in [-0.39, 0.29) is 0 Å². The third-order valence-electron chi connectivity index (χ3n) is 4.22. The molecule has 24 heavy (non-hydrogen) atoms. The fourth-order valence-electron chi connectivity index (χ4n) is 3.00. The summed E-state index contributed by atoms with van der Waals surface area (Å²) < 4.78 is 3.99. The summed E-state index contributed by atoms with van der Waals surface area (Å²) in [4.78, 5) is 4.54. The first kappa shape index (κ1) is 14.5. The monoisotopic (exact) mass is 317 g/mol. The summed E-state index contributed by atoms with van der Waals surface area (Å²) in [5.41, 5.74) is 5.64. The van der Waals surface area contributed by atoms with E-state index in [0.29, 0.717) is 0 Å². The molecule has 0 radical (unpaired) electrons. The Labute approximate surface area is 140 Å². The Morgan fingerprint density at radius 1 is 1.04 bits per heavy atom. The second kappa shape index (κ2) is 5.53. The van der Waals surface area contributed by atoms with E-state index in [9.17, 15) is 0 Å². The van der Waals surface area contributed by atoms with Crippen molar-refractivity contribution in [3.63, 3.8) is 0 Å². The van der Waals surface area contributed by atoms with Crippen LogP contribution in [0.2, 0.25) is 0 Å². The molecule has 3 heterocycles. The average molecular weight is 317 g/mol. The lowest BCUT2D eigenvalue weighted by Gasteiger charge is -2.07. The van der Waals surface area contributed by atoms with E-state index in [2.05, 4.69) is 58.2 Å². The van der Waals surface area contributed by atoms with Crippen LogP contribution in [0, 0.1) is 6.92 Å². The number of rotatable bonds is 3. The van der Waals surface area contributed by atoms with Crippen molar-refractivity contribution >= 4 is 22.4 Å². The highest BCUT2D eigenvalue weighted by atomic mass is 15.2. The average Bonchev–Trinajstić information content (AvgIpc) is 3.12. The molecule has 0 unspecified atom stereocenters. The van der Waals surface area contributed by atoms with Crippen molar-refractivity contribution in [2.75, 3.05) is 5.32 Å². The third kappa shape index (κ3) is 2.54. The van der Waals surface area contributed by atoms with Crippen molar-refractivity contribution in [3.8, 4) is 11.3 Å². The standard InChI is InChI=1S/C19H19N5/c1-13-5-4-6-16(7-13)22-19-9-18-14(10-20-19)8-17(24(18)3)15-11-21-23(2)12-15/h4-12H,1-3H3,(H,20,22). The number of nitrogens with one attached hydrogen (secondary N) is 1. The fourth-order valence-corrected chi connectivity index (χ4v) is 3.00. The lowest BCUT2D eigenvalue weighted by Crippen LogP contribution is -1.95. The first-order valence-electron chi connectivity index (χ1n) is 7.88. The number of aryl methyl sites for hydroxylation is 3. The molecule has 1 N–H and O–H groups in total. The van der Waals surface area contributed by atoms with Crippen molar-refractivity contribution in [3.05, 3.63) is 60.6 Å². The van der Waals surface area contributed by atoms with E-state index in [4.69, 9.17) is 0 Å². The summed E-state index contributed by atoms with van der Waals surface area (Å²) in [7, 11) is 4.00. The molecule has 4 rings (SSSR count). The topological polar surface area (TPSA) is 47.7 Å². The van der Waals surface area contributed by atoms with Gasteiger partial charge in [-0.1, -0.05) is 12.1 Å². The minimum Gasteiger partial charge on any atom is -0.343 e. The van der Waals surface area contributed by atoms with E-state index in [1.807, 2.05) is 42.5 Å². The molecule has 5 heteroatoms. The predicted octanol–water partition coefficient (Wildman–Crippen LogP) is 4.03. The molecule has 0 bridgehead atoms. The van der Waals surface area contributed by atoms with Gasteiger partial charge in [-0.25, -0.2) is 4.98 Å². The van der Waals surface area contributed by atoms with E-state index < -0.39 is 0 Å². The van der Waals surface area contributed by atoms with Gasteiger partial charge < -0.3 is 9.88 Å². The molecule has 4 aromatic rings. The maximum atomic E-state index is 4.54. The van der Waals surface area contributed by atoms with Crippen LogP contribution in [-0.2, 0) is 14.1 Å². The van der Waals surface area contributed by atoms with Crippen molar-refractivity contribution in [1.29, 1.82) is 0 Å². The zero-order valence-corrected chi connectivity index (χ0v) is 14.0. The summed E-state index contributed by atoms with van der Waals surface area (Å²) >= 11 is 0. The molecular formula is C19H19N5. The van der Waals surface area contributed by atoms with Gasteiger partial charge in [-0.3, -0.25) is 4.68 Å². The number of anilines is 2. The molecule has 0 spiro atoms. The normalized spacial score (nSPS) is 11.1. The summed E-state index contributed by atoms with van der Waals surface area (Å²) in [6.45, 7) is 2.08. The Bertz CT molecular complexity index is 1030. The summed E-state index contributed by atoms with van der Waals surface area (Å²) in [6, 6.07) is 12.5. The van der Waals surface area contributed by atoms with Gasteiger partial charge >= 0.3 is 0 Å². The number of hydrogen-bond donors (Lipinski definition) is 1. The van der Waals surface area contributed by atoms with E-state index in [1.165, 1.54) is 5.56 Å². The van der Waals surface area contributed by atoms with Crippen LogP contribution >= 0.6 is 0 Å². The van der Waals surface area contributed by atoms with Gasteiger partial charge in [0, 0.05) is 49.2 Å². The number of benzene rings is 1. The summed E-state index contributed by atoms with van der Waals surface area (Å²) in [5.74, 6) is 0.840. The number of nitrogens with zero attached hydrogens (tertiary/aromatic N) is 4. The van der Waals surface area contributed by atoms with Crippen LogP contribution < -0.4 is 5.32 Å². The Hall–Kier alpha value is -3.08. The van der Waals surface area contributed by atoms with Gasteiger partial charge in [-0.15, -0.1) is 0 Å². The highest BCUT2D eigenvalue weighted by Gasteiger charge is 2.10. The maximum Gasteiger partial charge on any atom is 0.132 e. The summed E-state index contributed by atoms with van der Waals surface area (Å²) in [5, 5.41) is 8.75. The minimum atomic E-state index is 0.840. The summed E-state index contributed by atoms with van der Waals surface area (Å²) in [6.07, 6.45) is 5.81. The Morgan fingerprint density at radius 2 is 1.92 bits per heavy atom. The Kier molecular flexibility index (Phi) is 3.34. The number of hydrogen-bond acceptors (Lipinski definition) is 3. The predicted molar refractivity (Wildman–Crippen MR) is 97.4 cm³/mol. The van der Waals surface area contributed by atoms with E-state index >= 15 is 0 Å². The molecule has 0 atom stereocenters. The molecule has 0 fully saturated rings. The highest BCUT2D eigenvalue weighted by molar-refractivity contribution is 5.88. The zero-order valence-electron chi connectivity index (χ0n) is 14.0. The van der Waals surface area contributed by atoms with Gasteiger partial charge in [0.25, 0.3) is 0 Å². The molecule has 0 saturated heterocycles. The zero-order chi connectivity index (χ0) is 16.7. The molecule has 0 aliphatic rings. The van der Waals surface area contributed by atoms with Crippen LogP contribution in [0.4, 0.5) is 11.5 Å². The lowest BCUT2D eigenvalue weighted by molar-refractivity contribution is 0.768. The fraction of sp³-hybridized carbons (Fsp3) is 0.158. The largest absolute Gasteiger partial charge is 0.343 e. The van der Waals surface area contributed by atoms with Crippen LogP contribution in [0.25, 0.3) is 22.2 Å². The maximum absolute atomic E-state index is 4.54. The first-order chi connectivity index (χ1) is 11.6. The van der Waals surface area contributed by atoms with Crippen LogP contribution in [-0.4, -0.2) is 19.3 Å². The van der Waals surface area contributed by atoms with Crippen molar-refractivity contribution < 1.29 is 0 Å². The number of fused-ring (bicyclic) bond motifs is 1. The molecule has 0 amide bonds. The van der Waals surface area contributed by atoms with Gasteiger partial charge in [-0.2, -0.15) is 5.10 Å². The van der Waals surface area contributed by atoms with Crippen LogP contribution in [0.1, 0.15) is 5.56 Å². The van der Waals surface area contributed by atoms with Crippen molar-refractivity contribution in [2.24, 2.45) is 14.1 Å². The van der Waals surface area contributed by atoms with Crippen LogP contribution in [0.3, 0.4) is 0 Å². The van der Waals surface area contributed by atoms with Crippen LogP contribution in [0.15, 0.2) is 55.0 Å². The van der Waals surface area contributed by atoms with Gasteiger partial charge in [0.05, 0.1) is 17.4 Å². The minimum absolute atomic E-state index is 0.840. The molecule has 1 aromatic carbocycles. The molecule has 5 nitrogen and oxygen atoms in total. The Balaban J connectivity index is 1.74. The van der Waals surface area contributed by atoms with Crippen molar-refractivity contribution in [2.45, 2.75) is 6.92 Å².